The van der Waals surface area contributed by atoms with Crippen LogP contribution in [-0.2, 0) is 6.54 Å². The average Bonchev–Trinajstić information content (AvgIpc) is 2.20. The molecular weight excluding hydrogens is 273 g/mol. The lowest BCUT2D eigenvalue weighted by Crippen LogP contribution is -2.17. The van der Waals surface area contributed by atoms with Gasteiger partial charge in [0.1, 0.15) is 5.82 Å². The van der Waals surface area contributed by atoms with Crippen molar-refractivity contribution < 1.29 is 9.50 Å². The number of rotatable bonds is 6. The summed E-state index contributed by atoms with van der Waals surface area (Å²) in [5, 5.41) is 12.2. The van der Waals surface area contributed by atoms with Crippen LogP contribution in [-0.4, -0.2) is 17.8 Å². The number of halogens is 2. The van der Waals surface area contributed by atoms with E-state index in [-0.39, 0.29) is 11.9 Å². The van der Waals surface area contributed by atoms with Gasteiger partial charge in [-0.3, -0.25) is 0 Å². The summed E-state index contributed by atoms with van der Waals surface area (Å²) in [6, 6.07) is 5.06. The van der Waals surface area contributed by atoms with Crippen molar-refractivity contribution in [2.24, 2.45) is 0 Å². The van der Waals surface area contributed by atoms with E-state index in [1.807, 2.05) is 6.07 Å². The van der Waals surface area contributed by atoms with E-state index in [9.17, 15) is 4.39 Å². The van der Waals surface area contributed by atoms with Gasteiger partial charge in [0.05, 0.1) is 6.10 Å². The van der Waals surface area contributed by atoms with Gasteiger partial charge in [-0.05, 0) is 38.4 Å². The quantitative estimate of drug-likeness (QED) is 0.790. The lowest BCUT2D eigenvalue weighted by atomic mass is 10.2. The number of hydrogen-bond acceptors (Lipinski definition) is 2. The molecule has 16 heavy (non-hydrogen) atoms. The molecule has 90 valence electrons. The summed E-state index contributed by atoms with van der Waals surface area (Å²) in [4.78, 5) is 0. The summed E-state index contributed by atoms with van der Waals surface area (Å²) in [6.45, 7) is 3.09. The maximum atomic E-state index is 13.4. The molecule has 0 amide bonds. The second kappa shape index (κ2) is 6.99. The van der Waals surface area contributed by atoms with Crippen LogP contribution in [0.4, 0.5) is 4.39 Å². The zero-order valence-electron chi connectivity index (χ0n) is 9.34. The van der Waals surface area contributed by atoms with E-state index in [1.54, 1.807) is 13.0 Å². The Labute approximate surface area is 104 Å². The highest BCUT2D eigenvalue weighted by atomic mass is 79.9. The number of aliphatic hydroxyl groups is 1. The highest BCUT2D eigenvalue weighted by Crippen LogP contribution is 2.14. The first-order chi connectivity index (χ1) is 7.59. The fourth-order valence-electron chi connectivity index (χ4n) is 1.41. The van der Waals surface area contributed by atoms with E-state index in [0.717, 1.165) is 23.9 Å². The van der Waals surface area contributed by atoms with E-state index in [0.29, 0.717) is 12.1 Å². The Bertz CT molecular complexity index is 331. The molecular formula is C12H17BrFNO. The van der Waals surface area contributed by atoms with Gasteiger partial charge in [0, 0.05) is 16.6 Å². The van der Waals surface area contributed by atoms with Crippen molar-refractivity contribution in [3.8, 4) is 0 Å². The minimum absolute atomic E-state index is 0.197. The van der Waals surface area contributed by atoms with Crippen LogP contribution in [0.1, 0.15) is 25.3 Å². The molecule has 0 aliphatic rings. The smallest absolute Gasteiger partial charge is 0.128 e. The number of benzene rings is 1. The zero-order valence-corrected chi connectivity index (χ0v) is 10.9. The van der Waals surface area contributed by atoms with Gasteiger partial charge in [0.2, 0.25) is 0 Å². The van der Waals surface area contributed by atoms with Gasteiger partial charge in [-0.25, -0.2) is 4.39 Å². The van der Waals surface area contributed by atoms with Crippen LogP contribution in [0, 0.1) is 5.82 Å². The minimum Gasteiger partial charge on any atom is -0.393 e. The Hall–Kier alpha value is -0.450. The molecule has 0 radical (unpaired) electrons. The predicted octanol–water partition coefficient (Wildman–Crippen LogP) is 2.84. The van der Waals surface area contributed by atoms with Crippen LogP contribution in [0.15, 0.2) is 22.7 Å². The molecule has 0 spiro atoms. The molecule has 1 aromatic carbocycles. The van der Waals surface area contributed by atoms with E-state index >= 15 is 0 Å². The number of aliphatic hydroxyl groups excluding tert-OH is 1. The van der Waals surface area contributed by atoms with Gasteiger partial charge in [0.15, 0.2) is 0 Å². The Kier molecular flexibility index (Phi) is 5.95. The maximum absolute atomic E-state index is 13.4. The van der Waals surface area contributed by atoms with Crippen LogP contribution in [0.2, 0.25) is 0 Å². The van der Waals surface area contributed by atoms with Gasteiger partial charge >= 0.3 is 0 Å². The van der Waals surface area contributed by atoms with Crippen LogP contribution < -0.4 is 5.32 Å². The van der Waals surface area contributed by atoms with Gasteiger partial charge in [0.25, 0.3) is 0 Å². The lowest BCUT2D eigenvalue weighted by Gasteiger charge is -2.07. The van der Waals surface area contributed by atoms with Gasteiger partial charge in [-0.1, -0.05) is 22.0 Å². The third-order valence-electron chi connectivity index (χ3n) is 2.31. The fourth-order valence-corrected chi connectivity index (χ4v) is 1.74. The average molecular weight is 290 g/mol. The van der Waals surface area contributed by atoms with Crippen LogP contribution >= 0.6 is 15.9 Å². The topological polar surface area (TPSA) is 32.3 Å². The van der Waals surface area contributed by atoms with Crippen molar-refractivity contribution >= 4 is 15.9 Å². The summed E-state index contributed by atoms with van der Waals surface area (Å²) in [5.41, 5.74) is 0.667. The van der Waals surface area contributed by atoms with E-state index < -0.39 is 0 Å². The van der Waals surface area contributed by atoms with Crippen molar-refractivity contribution in [1.82, 2.24) is 5.32 Å². The fraction of sp³-hybridized carbons (Fsp3) is 0.500. The second-order valence-corrected chi connectivity index (χ2v) is 4.82. The van der Waals surface area contributed by atoms with Crippen LogP contribution in [0.5, 0.6) is 0 Å². The van der Waals surface area contributed by atoms with Crippen molar-refractivity contribution in [2.45, 2.75) is 32.4 Å². The molecule has 0 aliphatic heterocycles. The molecule has 2 nitrogen and oxygen atoms in total. The first kappa shape index (κ1) is 13.6. The Balaban J connectivity index is 2.27. The normalized spacial score (nSPS) is 12.8. The first-order valence-electron chi connectivity index (χ1n) is 5.42. The summed E-state index contributed by atoms with van der Waals surface area (Å²) in [6.07, 6.45) is 1.41. The molecule has 0 bridgehead atoms. The van der Waals surface area contributed by atoms with E-state index in [4.69, 9.17) is 5.11 Å². The Morgan fingerprint density at radius 2 is 2.25 bits per heavy atom. The number of nitrogens with one attached hydrogen (secondary N) is 1. The molecule has 0 fully saturated rings. The molecule has 4 heteroatoms. The summed E-state index contributed by atoms with van der Waals surface area (Å²) >= 11 is 3.22. The van der Waals surface area contributed by atoms with Crippen LogP contribution in [0.3, 0.4) is 0 Å². The molecule has 0 saturated carbocycles. The van der Waals surface area contributed by atoms with Gasteiger partial charge in [-0.2, -0.15) is 0 Å². The largest absolute Gasteiger partial charge is 0.393 e. The molecule has 1 aromatic rings. The third kappa shape index (κ3) is 5.05. The minimum atomic E-state index is -0.258. The second-order valence-electron chi connectivity index (χ2n) is 3.90. The van der Waals surface area contributed by atoms with Gasteiger partial charge < -0.3 is 10.4 Å². The molecule has 1 unspecified atom stereocenters. The molecule has 0 aliphatic carbocycles. The third-order valence-corrected chi connectivity index (χ3v) is 2.80. The molecule has 1 rings (SSSR count). The summed E-state index contributed by atoms with van der Waals surface area (Å²) in [7, 11) is 0. The highest BCUT2D eigenvalue weighted by Gasteiger charge is 2.02. The SMILES string of the molecule is CC(O)CCCNCc1ccc(Br)cc1F. The standard InChI is InChI=1S/C12H17BrFNO/c1-9(16)3-2-6-15-8-10-4-5-11(13)7-12(10)14/h4-5,7,9,15-16H,2-3,6,8H2,1H3. The summed E-state index contributed by atoms with van der Waals surface area (Å²) in [5.74, 6) is -0.197. The predicted molar refractivity (Wildman–Crippen MR) is 66.7 cm³/mol. The van der Waals surface area contributed by atoms with E-state index in [2.05, 4.69) is 21.2 Å². The van der Waals surface area contributed by atoms with Gasteiger partial charge in [-0.15, -0.1) is 0 Å². The lowest BCUT2D eigenvalue weighted by molar-refractivity contribution is 0.181. The molecule has 0 aromatic heterocycles. The van der Waals surface area contributed by atoms with Crippen LogP contribution in [0.25, 0.3) is 0 Å². The van der Waals surface area contributed by atoms with Crippen molar-refractivity contribution in [2.75, 3.05) is 6.54 Å². The maximum Gasteiger partial charge on any atom is 0.128 e. The highest BCUT2D eigenvalue weighted by molar-refractivity contribution is 9.10. The Morgan fingerprint density at radius 1 is 1.50 bits per heavy atom. The first-order valence-corrected chi connectivity index (χ1v) is 6.21. The molecule has 2 N–H and O–H groups in total. The van der Waals surface area contributed by atoms with Crippen molar-refractivity contribution in [3.63, 3.8) is 0 Å². The molecule has 1 atom stereocenters. The van der Waals surface area contributed by atoms with Crippen molar-refractivity contribution in [3.05, 3.63) is 34.1 Å². The zero-order chi connectivity index (χ0) is 12.0. The molecule has 0 heterocycles. The summed E-state index contributed by atoms with van der Waals surface area (Å²) < 4.78 is 14.1. The van der Waals surface area contributed by atoms with Crippen molar-refractivity contribution in [1.29, 1.82) is 0 Å². The monoisotopic (exact) mass is 289 g/mol. The van der Waals surface area contributed by atoms with E-state index in [1.165, 1.54) is 6.07 Å². The molecule has 0 saturated heterocycles. The number of hydrogen-bond donors (Lipinski definition) is 2. The Morgan fingerprint density at radius 3 is 2.88 bits per heavy atom.